The molecule has 1 unspecified atom stereocenters. The van der Waals surface area contributed by atoms with Crippen LogP contribution in [0.25, 0.3) is 5.57 Å². The Balaban J connectivity index is 1.89. The number of hydrogen-bond donors (Lipinski definition) is 1. The molecule has 208 valence electrons. The lowest BCUT2D eigenvalue weighted by Gasteiger charge is -2.34. The molecule has 11 heteroatoms. The first-order chi connectivity index (χ1) is 19.0. The number of carbonyl (C=O) groups excluding carboxylic acids is 2. The molecule has 3 aromatic rings. The predicted octanol–water partition coefficient (Wildman–Crippen LogP) is 5.87. The molecule has 0 aromatic heterocycles. The summed E-state index contributed by atoms with van der Waals surface area (Å²) < 4.78 is 76.5. The smallest absolute Gasteiger partial charge is 0.416 e. The number of methoxy groups -OCH3 is 1. The average molecular weight is 559 g/mol. The molecule has 1 heterocycles. The van der Waals surface area contributed by atoms with Gasteiger partial charge in [-0.2, -0.15) is 13.2 Å². The maximum absolute atomic E-state index is 15.4. The Hall–Kier alpha value is -4.54. The first-order valence-electron chi connectivity index (χ1n) is 12.0. The number of imide groups is 1. The molecule has 1 aliphatic heterocycles. The summed E-state index contributed by atoms with van der Waals surface area (Å²) in [6.45, 7) is 0.735. The van der Waals surface area contributed by atoms with Gasteiger partial charge in [-0.05, 0) is 37.1 Å². The third-order valence-electron chi connectivity index (χ3n) is 6.76. The van der Waals surface area contributed by atoms with Gasteiger partial charge in [-0.25, -0.2) is 8.78 Å². The van der Waals surface area contributed by atoms with Gasteiger partial charge < -0.3 is 9.94 Å². The van der Waals surface area contributed by atoms with E-state index in [0.717, 1.165) is 12.1 Å². The highest BCUT2D eigenvalue weighted by molar-refractivity contribution is 6.28. The Morgan fingerprint density at radius 1 is 1.00 bits per heavy atom. The van der Waals surface area contributed by atoms with Gasteiger partial charge in [0.2, 0.25) is 5.91 Å². The summed E-state index contributed by atoms with van der Waals surface area (Å²) in [6, 6.07) is 14.5. The van der Waals surface area contributed by atoms with Crippen molar-refractivity contribution in [2.75, 3.05) is 13.7 Å². The average Bonchev–Trinajstić information content (AvgIpc) is 2.92. The molecule has 0 radical (unpaired) electrons. The van der Waals surface area contributed by atoms with E-state index in [1.165, 1.54) is 32.2 Å². The van der Waals surface area contributed by atoms with Crippen LogP contribution in [0.3, 0.4) is 0 Å². The maximum atomic E-state index is 15.4. The number of benzene rings is 3. The molecule has 0 saturated carbocycles. The van der Waals surface area contributed by atoms with Gasteiger partial charge in [0, 0.05) is 16.7 Å². The molecule has 0 saturated heterocycles. The molecule has 4 rings (SSSR count). The topological polar surface area (TPSA) is 79.2 Å². The number of oxime groups is 1. The second-order valence-corrected chi connectivity index (χ2v) is 9.04. The molecular weight excluding hydrogens is 535 g/mol. The standard InChI is InChI=1S/C29H23F5N2O4/c1-16-19(14-20-21(29(32,33)34)11-7-12-22(20)30)27(37)36(15-23(35-39)17-8-4-3-5-9-17)28(38)25(16)18-10-6-13-24(40-2)26(18)31/h3-13,19,39H,14-15H2,1-2H3. The number of nitrogens with zero attached hydrogens (tertiary/aromatic N) is 2. The molecule has 0 bridgehead atoms. The van der Waals surface area contributed by atoms with Crippen molar-refractivity contribution in [3.63, 3.8) is 0 Å². The van der Waals surface area contributed by atoms with E-state index in [2.05, 4.69) is 5.16 Å². The maximum Gasteiger partial charge on any atom is 0.416 e. The third kappa shape index (κ3) is 5.31. The van der Waals surface area contributed by atoms with E-state index in [-0.39, 0.29) is 28.2 Å². The first kappa shape index (κ1) is 28.5. The van der Waals surface area contributed by atoms with Crippen LogP contribution in [0.4, 0.5) is 22.0 Å². The summed E-state index contributed by atoms with van der Waals surface area (Å²) in [4.78, 5) is 28.1. The highest BCUT2D eigenvalue weighted by Gasteiger charge is 2.43. The van der Waals surface area contributed by atoms with Crippen molar-refractivity contribution in [2.45, 2.75) is 19.5 Å². The summed E-state index contributed by atoms with van der Waals surface area (Å²) in [5, 5.41) is 12.9. The molecule has 3 aromatic carbocycles. The first-order valence-corrected chi connectivity index (χ1v) is 12.0. The number of ether oxygens (including phenoxy) is 1. The Bertz CT molecular complexity index is 1520. The van der Waals surface area contributed by atoms with Crippen LogP contribution in [0.1, 0.15) is 29.2 Å². The number of halogens is 5. The summed E-state index contributed by atoms with van der Waals surface area (Å²) in [5.74, 6) is -5.72. The molecule has 40 heavy (non-hydrogen) atoms. The van der Waals surface area contributed by atoms with E-state index >= 15 is 4.39 Å². The zero-order valence-corrected chi connectivity index (χ0v) is 21.3. The molecule has 1 N–H and O–H groups in total. The number of hydrogen-bond acceptors (Lipinski definition) is 5. The van der Waals surface area contributed by atoms with Crippen LogP contribution in [-0.2, 0) is 22.2 Å². The lowest BCUT2D eigenvalue weighted by Crippen LogP contribution is -2.49. The zero-order chi connectivity index (χ0) is 29.2. The van der Waals surface area contributed by atoms with E-state index in [1.54, 1.807) is 30.3 Å². The van der Waals surface area contributed by atoms with Gasteiger partial charge in [-0.1, -0.05) is 53.7 Å². The van der Waals surface area contributed by atoms with Crippen LogP contribution in [0.15, 0.2) is 77.5 Å². The van der Waals surface area contributed by atoms with Gasteiger partial charge >= 0.3 is 6.18 Å². The van der Waals surface area contributed by atoms with Crippen LogP contribution in [0.2, 0.25) is 0 Å². The quantitative estimate of drug-likeness (QED) is 0.129. The summed E-state index contributed by atoms with van der Waals surface area (Å²) in [5.41, 5.74) is -2.38. The molecular formula is C29H23F5N2O4. The largest absolute Gasteiger partial charge is 0.494 e. The Morgan fingerprint density at radius 2 is 1.68 bits per heavy atom. The van der Waals surface area contributed by atoms with Crippen molar-refractivity contribution in [1.29, 1.82) is 0 Å². The minimum Gasteiger partial charge on any atom is -0.494 e. The van der Waals surface area contributed by atoms with Crippen molar-refractivity contribution in [1.82, 2.24) is 4.90 Å². The molecule has 1 aliphatic rings. The minimum absolute atomic E-state index is 0.0445. The van der Waals surface area contributed by atoms with E-state index in [9.17, 15) is 32.4 Å². The Labute approximate surface area is 226 Å². The third-order valence-corrected chi connectivity index (χ3v) is 6.76. The van der Waals surface area contributed by atoms with Crippen LogP contribution in [0, 0.1) is 17.6 Å². The summed E-state index contributed by atoms with van der Waals surface area (Å²) in [6.07, 6.45) is -5.68. The van der Waals surface area contributed by atoms with Crippen LogP contribution in [0.5, 0.6) is 5.75 Å². The zero-order valence-electron chi connectivity index (χ0n) is 21.3. The summed E-state index contributed by atoms with van der Waals surface area (Å²) in [7, 11) is 1.21. The van der Waals surface area contributed by atoms with Gasteiger partial charge in [-0.15, -0.1) is 0 Å². The number of alkyl halides is 3. The lowest BCUT2D eigenvalue weighted by molar-refractivity contribution is -0.144. The Kier molecular flexibility index (Phi) is 8.03. The second kappa shape index (κ2) is 11.3. The molecule has 0 spiro atoms. The second-order valence-electron chi connectivity index (χ2n) is 9.04. The van der Waals surface area contributed by atoms with Crippen LogP contribution in [-0.4, -0.2) is 41.3 Å². The fraction of sp³-hybridized carbons (Fsp3) is 0.207. The molecule has 0 fully saturated rings. The molecule has 6 nitrogen and oxygen atoms in total. The van der Waals surface area contributed by atoms with Gasteiger partial charge in [0.05, 0.1) is 30.7 Å². The van der Waals surface area contributed by atoms with Gasteiger partial charge in [-0.3, -0.25) is 14.5 Å². The Morgan fingerprint density at radius 3 is 2.30 bits per heavy atom. The van der Waals surface area contributed by atoms with E-state index in [0.29, 0.717) is 16.5 Å². The van der Waals surface area contributed by atoms with Gasteiger partial charge in [0.15, 0.2) is 11.6 Å². The highest BCUT2D eigenvalue weighted by Crippen LogP contribution is 2.40. The summed E-state index contributed by atoms with van der Waals surface area (Å²) >= 11 is 0. The van der Waals surface area contributed by atoms with Crippen molar-refractivity contribution in [3.8, 4) is 5.75 Å². The monoisotopic (exact) mass is 558 g/mol. The van der Waals surface area contributed by atoms with Crippen molar-refractivity contribution >= 4 is 23.1 Å². The lowest BCUT2D eigenvalue weighted by atomic mass is 9.81. The van der Waals surface area contributed by atoms with Crippen molar-refractivity contribution < 1.29 is 41.5 Å². The molecule has 0 aliphatic carbocycles. The van der Waals surface area contributed by atoms with Crippen LogP contribution < -0.4 is 4.74 Å². The number of amides is 2. The van der Waals surface area contributed by atoms with E-state index < -0.39 is 59.6 Å². The van der Waals surface area contributed by atoms with E-state index in [4.69, 9.17) is 4.74 Å². The van der Waals surface area contributed by atoms with E-state index in [1.807, 2.05) is 0 Å². The molecule has 2 amide bonds. The fourth-order valence-corrected chi connectivity index (χ4v) is 4.73. The fourth-order valence-electron chi connectivity index (χ4n) is 4.73. The van der Waals surface area contributed by atoms with Gasteiger partial charge in [0.25, 0.3) is 5.91 Å². The van der Waals surface area contributed by atoms with Crippen molar-refractivity contribution in [3.05, 3.63) is 106 Å². The predicted molar refractivity (Wildman–Crippen MR) is 136 cm³/mol. The van der Waals surface area contributed by atoms with Crippen molar-refractivity contribution in [2.24, 2.45) is 11.1 Å². The van der Waals surface area contributed by atoms with Crippen LogP contribution >= 0.6 is 0 Å². The molecule has 1 atom stereocenters. The normalized spacial score (nSPS) is 16.5. The van der Waals surface area contributed by atoms with Gasteiger partial charge in [0.1, 0.15) is 11.5 Å². The highest BCUT2D eigenvalue weighted by atomic mass is 19.4. The minimum atomic E-state index is -4.92. The SMILES string of the molecule is COc1cccc(C2=C(C)C(Cc3c(F)cccc3C(F)(F)F)C(=O)N(CC(=NO)c3ccccc3)C2=O)c1F. The number of carbonyl (C=O) groups is 2. The number of rotatable bonds is 7.